The first-order valence-electron chi connectivity index (χ1n) is 10.7. The van der Waals surface area contributed by atoms with Crippen LogP contribution < -0.4 is 5.32 Å². The Bertz CT molecular complexity index is 1040. The Morgan fingerprint density at radius 2 is 2.03 bits per heavy atom. The number of nitrogens with one attached hydrogen (secondary N) is 1. The van der Waals surface area contributed by atoms with Gasteiger partial charge in [0.15, 0.2) is 0 Å². The lowest BCUT2D eigenvalue weighted by Crippen LogP contribution is -2.17. The molecule has 150 valence electrons. The Labute approximate surface area is 173 Å². The second kappa shape index (κ2) is 8.28. The van der Waals surface area contributed by atoms with Crippen LogP contribution in [-0.4, -0.2) is 17.5 Å². The first-order chi connectivity index (χ1) is 14.2. The number of hydrogen-bond donors (Lipinski definition) is 1. The average molecular weight is 387 g/mol. The highest BCUT2D eigenvalue weighted by Gasteiger charge is 2.28. The lowest BCUT2D eigenvalue weighted by molar-refractivity contribution is 0.0963. The fraction of sp³-hybridized carbons (Fsp3) is 0.346. The van der Waals surface area contributed by atoms with Crippen molar-refractivity contribution < 1.29 is 4.79 Å². The molecule has 2 aliphatic rings. The van der Waals surface area contributed by atoms with E-state index >= 15 is 0 Å². The van der Waals surface area contributed by atoms with Crippen LogP contribution in [0.3, 0.4) is 0 Å². The summed E-state index contributed by atoms with van der Waals surface area (Å²) >= 11 is 0. The summed E-state index contributed by atoms with van der Waals surface area (Å²) < 4.78 is 2.40. The van der Waals surface area contributed by atoms with E-state index in [9.17, 15) is 4.79 Å². The predicted octanol–water partition coefficient (Wildman–Crippen LogP) is 6.13. The zero-order chi connectivity index (χ0) is 20.4. The number of rotatable bonds is 4. The topological polar surface area (TPSA) is 34.0 Å². The molecule has 3 heteroatoms. The molecule has 2 aromatic rings. The summed E-state index contributed by atoms with van der Waals surface area (Å²) in [4.78, 5) is 12.3. The van der Waals surface area contributed by atoms with Crippen LogP contribution in [0.5, 0.6) is 0 Å². The third-order valence-corrected chi connectivity index (χ3v) is 6.31. The molecule has 0 radical (unpaired) electrons. The van der Waals surface area contributed by atoms with Crippen LogP contribution in [0.2, 0.25) is 0 Å². The van der Waals surface area contributed by atoms with E-state index in [1.165, 1.54) is 54.3 Å². The molecule has 1 aromatic heterocycles. The van der Waals surface area contributed by atoms with Gasteiger partial charge in [0, 0.05) is 35.6 Å². The molecule has 1 saturated carbocycles. The van der Waals surface area contributed by atoms with Crippen LogP contribution >= 0.6 is 0 Å². The molecular formula is C26H30N2O. The average Bonchev–Trinajstić information content (AvgIpc) is 2.97. The molecule has 2 heterocycles. The first-order valence-corrected chi connectivity index (χ1v) is 10.7. The Morgan fingerprint density at radius 3 is 2.72 bits per heavy atom. The van der Waals surface area contributed by atoms with Gasteiger partial charge in [-0.2, -0.15) is 0 Å². The van der Waals surface area contributed by atoms with Crippen molar-refractivity contribution in [2.45, 2.75) is 51.5 Å². The summed E-state index contributed by atoms with van der Waals surface area (Å²) in [5, 5.41) is 4.05. The maximum atomic E-state index is 12.3. The largest absolute Gasteiger partial charge is 0.355 e. The quantitative estimate of drug-likeness (QED) is 0.673. The molecular weight excluding hydrogens is 356 g/mol. The highest BCUT2D eigenvalue weighted by atomic mass is 16.1. The van der Waals surface area contributed by atoms with E-state index in [4.69, 9.17) is 0 Å². The molecule has 1 aliphatic heterocycles. The van der Waals surface area contributed by atoms with E-state index in [0.717, 1.165) is 17.6 Å². The van der Waals surface area contributed by atoms with Crippen LogP contribution in [0.25, 0.3) is 16.5 Å². The second-order valence-corrected chi connectivity index (χ2v) is 7.99. The number of fused-ring (bicyclic) bond motifs is 3. The molecule has 0 bridgehead atoms. The third-order valence-electron chi connectivity index (χ3n) is 6.31. The van der Waals surface area contributed by atoms with Gasteiger partial charge in [0.05, 0.1) is 5.69 Å². The maximum absolute atomic E-state index is 12.3. The maximum Gasteiger partial charge on any atom is 0.251 e. The van der Waals surface area contributed by atoms with Gasteiger partial charge in [0.25, 0.3) is 5.91 Å². The number of hydrogen-bond acceptors (Lipinski definition) is 1. The van der Waals surface area contributed by atoms with Crippen LogP contribution in [0.1, 0.15) is 66.6 Å². The predicted molar refractivity (Wildman–Crippen MR) is 122 cm³/mol. The lowest BCUT2D eigenvalue weighted by atomic mass is 9.81. The summed E-state index contributed by atoms with van der Waals surface area (Å²) in [6, 6.07) is 6.19. The summed E-state index contributed by atoms with van der Waals surface area (Å²) in [5.74, 6) is 0.527. The summed E-state index contributed by atoms with van der Waals surface area (Å²) in [5.41, 5.74) is 7.02. The minimum Gasteiger partial charge on any atom is -0.355 e. The van der Waals surface area contributed by atoms with E-state index < -0.39 is 0 Å². The van der Waals surface area contributed by atoms with E-state index in [-0.39, 0.29) is 5.91 Å². The van der Waals surface area contributed by atoms with Gasteiger partial charge >= 0.3 is 0 Å². The zero-order valence-electron chi connectivity index (χ0n) is 17.5. The Kier molecular flexibility index (Phi) is 5.57. The van der Waals surface area contributed by atoms with E-state index in [0.29, 0.717) is 11.5 Å². The normalized spacial score (nSPS) is 17.6. The van der Waals surface area contributed by atoms with E-state index in [1.54, 1.807) is 7.05 Å². The van der Waals surface area contributed by atoms with Gasteiger partial charge in [-0.05, 0) is 49.0 Å². The monoisotopic (exact) mass is 386 g/mol. The van der Waals surface area contributed by atoms with E-state index in [1.807, 2.05) is 12.1 Å². The Hall–Kier alpha value is -2.81. The number of aromatic nitrogens is 1. The summed E-state index contributed by atoms with van der Waals surface area (Å²) in [7, 11) is 1.69. The lowest BCUT2D eigenvalue weighted by Gasteiger charge is -2.24. The SMILES string of the molecule is C=CC1=C(/C=C\C)c2c(C3CCCCC3)c3ccc(C(=O)NC)cc3n2CC=C1. The molecule has 1 aliphatic carbocycles. The van der Waals surface area contributed by atoms with Crippen molar-refractivity contribution in [2.75, 3.05) is 7.05 Å². The fourth-order valence-electron chi connectivity index (χ4n) is 4.98. The van der Waals surface area contributed by atoms with Crippen molar-refractivity contribution in [1.82, 2.24) is 9.88 Å². The molecule has 3 nitrogen and oxygen atoms in total. The molecule has 0 unspecified atom stereocenters. The van der Waals surface area contributed by atoms with Crippen molar-refractivity contribution >= 4 is 22.4 Å². The molecule has 1 N–H and O–H groups in total. The van der Waals surface area contributed by atoms with Crippen molar-refractivity contribution in [3.63, 3.8) is 0 Å². The van der Waals surface area contributed by atoms with Gasteiger partial charge in [0.2, 0.25) is 0 Å². The van der Waals surface area contributed by atoms with Gasteiger partial charge in [-0.15, -0.1) is 0 Å². The van der Waals surface area contributed by atoms with Crippen molar-refractivity contribution in [3.05, 3.63) is 77.6 Å². The third kappa shape index (κ3) is 3.39. The number of benzene rings is 1. The molecule has 4 rings (SSSR count). The number of amides is 1. The van der Waals surface area contributed by atoms with Gasteiger partial charge in [-0.25, -0.2) is 0 Å². The minimum absolute atomic E-state index is 0.0400. The molecule has 0 atom stereocenters. The van der Waals surface area contributed by atoms with Gasteiger partial charge in [0.1, 0.15) is 0 Å². The fourth-order valence-corrected chi connectivity index (χ4v) is 4.98. The highest BCUT2D eigenvalue weighted by molar-refractivity contribution is 6.01. The zero-order valence-corrected chi connectivity index (χ0v) is 17.5. The van der Waals surface area contributed by atoms with Gasteiger partial charge in [-0.1, -0.05) is 62.3 Å². The van der Waals surface area contributed by atoms with Crippen LogP contribution in [0.15, 0.2) is 60.7 Å². The van der Waals surface area contributed by atoms with Gasteiger partial charge < -0.3 is 9.88 Å². The molecule has 1 fully saturated rings. The molecule has 0 saturated heterocycles. The number of allylic oxidation sites excluding steroid dienone is 7. The Morgan fingerprint density at radius 1 is 1.24 bits per heavy atom. The summed E-state index contributed by atoms with van der Waals surface area (Å²) in [6.07, 6.45) is 17.1. The van der Waals surface area contributed by atoms with Crippen LogP contribution in [0.4, 0.5) is 0 Å². The van der Waals surface area contributed by atoms with Crippen LogP contribution in [-0.2, 0) is 6.54 Å². The Balaban J connectivity index is 2.06. The standard InChI is InChI=1S/C26H30N2O/c1-4-10-21-18(5-2)13-9-16-28-23-17-20(26(29)27-3)14-15-22(23)24(25(21)28)19-11-7-6-8-12-19/h4-5,9-10,13-15,17,19H,2,6-8,11-12,16H2,1,3H3,(H,27,29)/b10-4-. The number of nitrogens with zero attached hydrogens (tertiary/aromatic N) is 1. The van der Waals surface area contributed by atoms with Crippen molar-refractivity contribution in [3.8, 4) is 0 Å². The number of carbonyl (C=O) groups is 1. The van der Waals surface area contributed by atoms with E-state index in [2.05, 4.69) is 59.8 Å². The molecule has 29 heavy (non-hydrogen) atoms. The molecule has 1 amide bonds. The minimum atomic E-state index is -0.0400. The van der Waals surface area contributed by atoms with Gasteiger partial charge in [-0.3, -0.25) is 4.79 Å². The number of carbonyl (C=O) groups excluding carboxylic acids is 1. The highest BCUT2D eigenvalue weighted by Crippen LogP contribution is 2.44. The van der Waals surface area contributed by atoms with Crippen molar-refractivity contribution in [2.24, 2.45) is 0 Å². The molecule has 0 spiro atoms. The second-order valence-electron chi connectivity index (χ2n) is 7.99. The van der Waals surface area contributed by atoms with Crippen LogP contribution in [0, 0.1) is 0 Å². The first kappa shape index (κ1) is 19.5. The molecule has 1 aromatic carbocycles. The summed E-state index contributed by atoms with van der Waals surface area (Å²) in [6.45, 7) is 6.94. The smallest absolute Gasteiger partial charge is 0.251 e. The van der Waals surface area contributed by atoms with Crippen molar-refractivity contribution in [1.29, 1.82) is 0 Å².